The highest BCUT2D eigenvalue weighted by Gasteiger charge is 2.59. The molecule has 0 amide bonds. The average Bonchev–Trinajstić information content (AvgIpc) is 3.05. The van der Waals surface area contributed by atoms with Gasteiger partial charge in [-0.3, -0.25) is 4.98 Å². The Morgan fingerprint density at radius 2 is 2.00 bits per heavy atom. The van der Waals surface area contributed by atoms with Gasteiger partial charge < -0.3 is 4.74 Å². The minimum atomic E-state index is -0.391. The first-order chi connectivity index (χ1) is 10.4. The molecule has 2 aromatic heterocycles. The summed E-state index contributed by atoms with van der Waals surface area (Å²) in [5.74, 6) is 0. The number of pyridine rings is 1. The second kappa shape index (κ2) is 4.79. The van der Waals surface area contributed by atoms with Crippen molar-refractivity contribution in [3.63, 3.8) is 0 Å². The molecule has 0 N–H and O–H groups in total. The molecule has 1 aliphatic rings. The van der Waals surface area contributed by atoms with Gasteiger partial charge in [0, 0.05) is 18.0 Å². The summed E-state index contributed by atoms with van der Waals surface area (Å²) >= 11 is 0. The quantitative estimate of drug-likeness (QED) is 0.687. The predicted molar refractivity (Wildman–Crippen MR) is 76.2 cm³/mol. The molecule has 0 saturated carbocycles. The number of rotatable bonds is 4. The van der Waals surface area contributed by atoms with Crippen molar-refractivity contribution in [3.8, 4) is 0 Å². The molecule has 1 fully saturated rings. The molecule has 21 heavy (non-hydrogen) atoms. The van der Waals surface area contributed by atoms with E-state index >= 15 is 0 Å². The Morgan fingerprint density at radius 3 is 2.71 bits per heavy atom. The fraction of sp³-hybridized carbons (Fsp3) is 0.188. The number of ether oxygens (including phenoxy) is 1. The van der Waals surface area contributed by atoms with Crippen LogP contribution < -0.4 is 0 Å². The van der Waals surface area contributed by atoms with E-state index in [0.29, 0.717) is 6.54 Å². The highest BCUT2D eigenvalue weighted by atomic mass is 16.6. The zero-order chi connectivity index (χ0) is 14.1. The fourth-order valence-electron chi connectivity index (χ4n) is 2.75. The predicted octanol–water partition coefficient (Wildman–Crippen LogP) is 2.34. The maximum absolute atomic E-state index is 6.12. The summed E-state index contributed by atoms with van der Waals surface area (Å²) in [6, 6.07) is 14.2. The Balaban J connectivity index is 1.72. The first-order valence-electron chi connectivity index (χ1n) is 6.84. The van der Waals surface area contributed by atoms with Gasteiger partial charge in [-0.05, 0) is 11.6 Å². The molecule has 0 radical (unpaired) electrons. The smallest absolute Gasteiger partial charge is 0.144 e. The Morgan fingerprint density at radius 1 is 1.10 bits per heavy atom. The van der Waals surface area contributed by atoms with Crippen molar-refractivity contribution in [2.45, 2.75) is 18.2 Å². The molecule has 104 valence electrons. The molecule has 4 rings (SSSR count). The highest BCUT2D eigenvalue weighted by molar-refractivity contribution is 5.34. The van der Waals surface area contributed by atoms with Crippen LogP contribution in [-0.4, -0.2) is 19.7 Å². The molecule has 3 aromatic rings. The Bertz CT molecular complexity index is 715. The lowest BCUT2D eigenvalue weighted by atomic mass is 9.92. The van der Waals surface area contributed by atoms with Gasteiger partial charge in [-0.2, -0.15) is 5.10 Å². The SMILES string of the molecule is c1ccc([C@]2(Cn3cncn3)O[C@H]2c2cccnc2)cc1. The lowest BCUT2D eigenvalue weighted by Gasteiger charge is -2.13. The number of hydrogen-bond donors (Lipinski definition) is 0. The Labute approximate surface area is 122 Å². The van der Waals surface area contributed by atoms with Crippen LogP contribution in [0.25, 0.3) is 0 Å². The van der Waals surface area contributed by atoms with Crippen LogP contribution >= 0.6 is 0 Å². The number of benzene rings is 1. The second-order valence-electron chi connectivity index (χ2n) is 5.13. The van der Waals surface area contributed by atoms with Crippen LogP contribution in [0.3, 0.4) is 0 Å². The zero-order valence-electron chi connectivity index (χ0n) is 11.3. The molecule has 0 aliphatic carbocycles. The van der Waals surface area contributed by atoms with Crippen LogP contribution in [0.1, 0.15) is 17.2 Å². The standard InChI is InChI=1S/C16H14N4O/c1-2-6-14(7-3-1)16(10-20-12-18-11-19-20)15(21-16)13-5-4-8-17-9-13/h1-9,11-12,15H,10H2/t15-,16-/m0/s1. The molecule has 5 nitrogen and oxygen atoms in total. The minimum absolute atomic E-state index is 0.00204. The summed E-state index contributed by atoms with van der Waals surface area (Å²) < 4.78 is 7.93. The number of aromatic nitrogens is 4. The third-order valence-corrected chi connectivity index (χ3v) is 3.81. The maximum Gasteiger partial charge on any atom is 0.144 e. The van der Waals surface area contributed by atoms with Gasteiger partial charge in [-0.1, -0.05) is 36.4 Å². The first kappa shape index (κ1) is 12.2. The van der Waals surface area contributed by atoms with Gasteiger partial charge in [-0.25, -0.2) is 9.67 Å². The van der Waals surface area contributed by atoms with Crippen molar-refractivity contribution in [1.82, 2.24) is 19.7 Å². The summed E-state index contributed by atoms with van der Waals surface area (Å²) in [7, 11) is 0. The fourth-order valence-corrected chi connectivity index (χ4v) is 2.75. The van der Waals surface area contributed by atoms with Crippen LogP contribution in [-0.2, 0) is 16.9 Å². The molecule has 1 saturated heterocycles. The molecule has 0 spiro atoms. The average molecular weight is 278 g/mol. The number of hydrogen-bond acceptors (Lipinski definition) is 4. The second-order valence-corrected chi connectivity index (χ2v) is 5.13. The molecule has 2 atom stereocenters. The van der Waals surface area contributed by atoms with Gasteiger partial charge in [0.15, 0.2) is 0 Å². The van der Waals surface area contributed by atoms with E-state index < -0.39 is 5.60 Å². The molecule has 1 aliphatic heterocycles. The van der Waals surface area contributed by atoms with E-state index in [1.54, 1.807) is 18.9 Å². The molecular formula is C16H14N4O. The number of nitrogens with zero attached hydrogens (tertiary/aromatic N) is 4. The van der Waals surface area contributed by atoms with Gasteiger partial charge in [0.25, 0.3) is 0 Å². The summed E-state index contributed by atoms with van der Waals surface area (Å²) in [5.41, 5.74) is 1.84. The van der Waals surface area contributed by atoms with Crippen molar-refractivity contribution >= 4 is 0 Å². The van der Waals surface area contributed by atoms with Crippen molar-refractivity contribution in [1.29, 1.82) is 0 Å². The molecule has 1 aromatic carbocycles. The molecule has 0 bridgehead atoms. The van der Waals surface area contributed by atoms with Crippen molar-refractivity contribution in [2.75, 3.05) is 0 Å². The van der Waals surface area contributed by atoms with Crippen molar-refractivity contribution < 1.29 is 4.74 Å². The number of epoxide rings is 1. The van der Waals surface area contributed by atoms with Crippen LogP contribution in [0.5, 0.6) is 0 Å². The summed E-state index contributed by atoms with van der Waals surface area (Å²) in [5, 5.41) is 4.20. The normalized spacial score (nSPS) is 23.9. The zero-order valence-corrected chi connectivity index (χ0v) is 11.3. The van der Waals surface area contributed by atoms with Crippen molar-refractivity contribution in [3.05, 3.63) is 78.6 Å². The van der Waals surface area contributed by atoms with E-state index in [1.807, 2.05) is 41.2 Å². The van der Waals surface area contributed by atoms with Gasteiger partial charge in [0.1, 0.15) is 24.4 Å². The van der Waals surface area contributed by atoms with E-state index in [4.69, 9.17) is 4.74 Å². The van der Waals surface area contributed by atoms with Gasteiger partial charge in [0.05, 0.1) is 6.54 Å². The third kappa shape index (κ3) is 2.11. The topological polar surface area (TPSA) is 56.1 Å². The first-order valence-corrected chi connectivity index (χ1v) is 6.84. The van der Waals surface area contributed by atoms with Crippen LogP contribution in [0, 0.1) is 0 Å². The largest absolute Gasteiger partial charge is 0.354 e. The van der Waals surface area contributed by atoms with E-state index in [2.05, 4.69) is 27.2 Å². The molecule has 5 heteroatoms. The van der Waals surface area contributed by atoms with E-state index in [0.717, 1.165) is 11.1 Å². The molecule has 3 heterocycles. The van der Waals surface area contributed by atoms with E-state index in [1.165, 1.54) is 0 Å². The maximum atomic E-state index is 6.12. The van der Waals surface area contributed by atoms with Crippen LogP contribution in [0.15, 0.2) is 67.5 Å². The van der Waals surface area contributed by atoms with E-state index in [9.17, 15) is 0 Å². The lowest BCUT2D eigenvalue weighted by molar-refractivity contribution is 0.262. The monoisotopic (exact) mass is 278 g/mol. The highest BCUT2D eigenvalue weighted by Crippen LogP contribution is 2.57. The lowest BCUT2D eigenvalue weighted by Crippen LogP contribution is -2.19. The molecule has 0 unspecified atom stereocenters. The van der Waals surface area contributed by atoms with Gasteiger partial charge >= 0.3 is 0 Å². The Hall–Kier alpha value is -2.53. The van der Waals surface area contributed by atoms with E-state index in [-0.39, 0.29) is 6.10 Å². The third-order valence-electron chi connectivity index (χ3n) is 3.81. The minimum Gasteiger partial charge on any atom is -0.354 e. The van der Waals surface area contributed by atoms with Gasteiger partial charge in [-0.15, -0.1) is 0 Å². The molecular weight excluding hydrogens is 264 g/mol. The van der Waals surface area contributed by atoms with Crippen molar-refractivity contribution in [2.24, 2.45) is 0 Å². The summed E-state index contributed by atoms with van der Waals surface area (Å²) in [6.07, 6.45) is 6.88. The van der Waals surface area contributed by atoms with Gasteiger partial charge in [0.2, 0.25) is 0 Å². The van der Waals surface area contributed by atoms with Crippen LogP contribution in [0.2, 0.25) is 0 Å². The van der Waals surface area contributed by atoms with Crippen LogP contribution in [0.4, 0.5) is 0 Å². The Kier molecular flexibility index (Phi) is 2.79. The summed E-state index contributed by atoms with van der Waals surface area (Å²) in [6.45, 7) is 0.635. The summed E-state index contributed by atoms with van der Waals surface area (Å²) in [4.78, 5) is 8.20.